The largest absolute Gasteiger partial charge is 0.508 e. The van der Waals surface area contributed by atoms with Gasteiger partial charge in [0.25, 0.3) is 0 Å². The molecule has 3 N–H and O–H groups in total. The van der Waals surface area contributed by atoms with Gasteiger partial charge in [0.05, 0.1) is 4.90 Å². The van der Waals surface area contributed by atoms with Gasteiger partial charge in [-0.1, -0.05) is 50.4 Å². The summed E-state index contributed by atoms with van der Waals surface area (Å²) in [5.41, 5.74) is 8.22. The molecule has 0 saturated heterocycles. The molecule has 30 heavy (non-hydrogen) atoms. The molecule has 0 amide bonds. The van der Waals surface area contributed by atoms with Crippen molar-refractivity contribution in [3.63, 3.8) is 0 Å². The van der Waals surface area contributed by atoms with Crippen molar-refractivity contribution >= 4 is 33.0 Å². The van der Waals surface area contributed by atoms with E-state index in [2.05, 4.69) is 20.8 Å². The molecule has 0 radical (unpaired) electrons. The van der Waals surface area contributed by atoms with Gasteiger partial charge in [0, 0.05) is 22.3 Å². The summed E-state index contributed by atoms with van der Waals surface area (Å²) < 4.78 is 21.7. The highest BCUT2D eigenvalue weighted by atomic mass is 35.5. The van der Waals surface area contributed by atoms with E-state index < -0.39 is 9.84 Å². The van der Waals surface area contributed by atoms with Gasteiger partial charge in [-0.25, -0.2) is 8.42 Å². The zero-order chi connectivity index (χ0) is 22.9. The lowest BCUT2D eigenvalue weighted by Crippen LogP contribution is -2.17. The normalized spacial score (nSPS) is 15.9. The molecule has 0 aliphatic heterocycles. The van der Waals surface area contributed by atoms with Crippen LogP contribution in [0.1, 0.15) is 51.2 Å². The molecule has 4 nitrogen and oxygen atoms in total. The lowest BCUT2D eigenvalue weighted by Gasteiger charge is -2.03. The van der Waals surface area contributed by atoms with E-state index in [0.29, 0.717) is 6.04 Å². The van der Waals surface area contributed by atoms with Crippen molar-refractivity contribution < 1.29 is 13.5 Å². The lowest BCUT2D eigenvalue weighted by molar-refractivity contribution is 0.475. The van der Waals surface area contributed by atoms with Gasteiger partial charge in [-0.2, -0.15) is 0 Å². The summed E-state index contributed by atoms with van der Waals surface area (Å²) in [4.78, 5) is 0.218. The van der Waals surface area contributed by atoms with Crippen LogP contribution in [0.3, 0.4) is 0 Å². The molecule has 0 saturated carbocycles. The standard InChI is InChI=1S/C10H10Cl2.C7H8O3S.C6H15N/c1-6-2-7-4-8(11)5-10(12)9(7)3-6;1-11(9,10)7-4-2-6(8)3-5-7;1-3-5-6(7)4-2/h4-6H,2-3H2,1H3;2-5,8H,1H3;6H,3-5,7H2,1-2H3. The second-order valence-corrected chi connectivity index (χ2v) is 10.6. The van der Waals surface area contributed by atoms with Gasteiger partial charge in [0.1, 0.15) is 5.75 Å². The Kier molecular flexibility index (Phi) is 11.2. The average Bonchev–Trinajstić information content (AvgIpc) is 3.03. The van der Waals surface area contributed by atoms with E-state index in [0.717, 1.165) is 41.5 Å². The highest BCUT2D eigenvalue weighted by Gasteiger charge is 2.20. The third kappa shape index (κ3) is 9.25. The molecule has 0 heterocycles. The number of rotatable bonds is 4. The van der Waals surface area contributed by atoms with Crippen LogP contribution in [0.2, 0.25) is 10.0 Å². The van der Waals surface area contributed by atoms with Gasteiger partial charge in [0.15, 0.2) is 9.84 Å². The number of aromatic hydroxyl groups is 1. The Morgan fingerprint density at radius 3 is 2.20 bits per heavy atom. The first-order valence-electron chi connectivity index (χ1n) is 10.2. The first-order chi connectivity index (χ1) is 14.0. The highest BCUT2D eigenvalue weighted by Crippen LogP contribution is 2.34. The Morgan fingerprint density at radius 2 is 1.73 bits per heavy atom. The van der Waals surface area contributed by atoms with E-state index in [-0.39, 0.29) is 10.6 Å². The van der Waals surface area contributed by atoms with Crippen LogP contribution in [-0.4, -0.2) is 25.8 Å². The van der Waals surface area contributed by atoms with Crippen molar-refractivity contribution in [2.24, 2.45) is 11.7 Å². The zero-order valence-electron chi connectivity index (χ0n) is 18.2. The maximum atomic E-state index is 10.9. The minimum absolute atomic E-state index is 0.0670. The zero-order valence-corrected chi connectivity index (χ0v) is 20.5. The molecule has 1 aliphatic rings. The van der Waals surface area contributed by atoms with Gasteiger partial charge < -0.3 is 10.8 Å². The van der Waals surface area contributed by atoms with Gasteiger partial charge in [-0.3, -0.25) is 0 Å². The predicted octanol–water partition coefficient (Wildman–Crippen LogP) is 6.05. The Labute approximate surface area is 191 Å². The van der Waals surface area contributed by atoms with Crippen molar-refractivity contribution in [1.29, 1.82) is 0 Å². The van der Waals surface area contributed by atoms with E-state index >= 15 is 0 Å². The number of hydrogen-bond donors (Lipinski definition) is 2. The lowest BCUT2D eigenvalue weighted by atomic mass is 10.1. The minimum Gasteiger partial charge on any atom is -0.508 e. The number of hydrogen-bond acceptors (Lipinski definition) is 4. The first-order valence-corrected chi connectivity index (χ1v) is 12.8. The summed E-state index contributed by atoms with van der Waals surface area (Å²) in [5, 5.41) is 10.4. The number of halogens is 2. The third-order valence-corrected chi connectivity index (χ3v) is 6.51. The van der Waals surface area contributed by atoms with Crippen LogP contribution in [-0.2, 0) is 22.7 Å². The average molecular weight is 474 g/mol. The van der Waals surface area contributed by atoms with Gasteiger partial charge >= 0.3 is 0 Å². The Balaban J connectivity index is 0.000000234. The number of benzene rings is 2. The first kappa shape index (κ1) is 26.8. The van der Waals surface area contributed by atoms with Crippen molar-refractivity contribution in [2.75, 3.05) is 6.26 Å². The molecule has 2 aromatic carbocycles. The molecule has 1 aliphatic carbocycles. The fraction of sp³-hybridized carbons (Fsp3) is 0.478. The second-order valence-electron chi connectivity index (χ2n) is 7.76. The summed E-state index contributed by atoms with van der Waals surface area (Å²) in [5.74, 6) is 0.786. The van der Waals surface area contributed by atoms with Crippen LogP contribution in [0.15, 0.2) is 41.3 Å². The van der Waals surface area contributed by atoms with Crippen LogP contribution in [0, 0.1) is 5.92 Å². The smallest absolute Gasteiger partial charge is 0.175 e. The summed E-state index contributed by atoms with van der Waals surface area (Å²) in [6.07, 6.45) is 6.86. The number of phenolic OH excluding ortho intramolecular Hbond substituents is 1. The van der Waals surface area contributed by atoms with Crippen LogP contribution in [0.25, 0.3) is 0 Å². The molecule has 0 bridgehead atoms. The topological polar surface area (TPSA) is 80.4 Å². The molecular weight excluding hydrogens is 441 g/mol. The number of phenols is 1. The van der Waals surface area contributed by atoms with Crippen LogP contribution in [0.4, 0.5) is 0 Å². The molecule has 2 aromatic rings. The Bertz CT molecular complexity index is 899. The van der Waals surface area contributed by atoms with Crippen molar-refractivity contribution in [3.8, 4) is 5.75 Å². The van der Waals surface area contributed by atoms with Crippen LogP contribution >= 0.6 is 23.2 Å². The van der Waals surface area contributed by atoms with E-state index in [1.807, 2.05) is 12.1 Å². The maximum Gasteiger partial charge on any atom is 0.175 e. The van der Waals surface area contributed by atoms with E-state index in [9.17, 15) is 8.42 Å². The van der Waals surface area contributed by atoms with E-state index in [1.54, 1.807) is 0 Å². The molecule has 0 aromatic heterocycles. The molecular formula is C23H33Cl2NO3S. The number of sulfone groups is 1. The van der Waals surface area contributed by atoms with Gasteiger partial charge in [0.2, 0.25) is 0 Å². The summed E-state index contributed by atoms with van der Waals surface area (Å²) in [6.45, 7) is 6.53. The minimum atomic E-state index is -3.13. The highest BCUT2D eigenvalue weighted by molar-refractivity contribution is 7.90. The molecule has 2 atom stereocenters. The molecule has 2 unspecified atom stereocenters. The SMILES string of the molecule is CC1Cc2cc(Cl)cc(Cl)c2C1.CCCC(N)CC.CS(=O)(=O)c1ccc(O)cc1. The van der Waals surface area contributed by atoms with Crippen LogP contribution < -0.4 is 5.73 Å². The van der Waals surface area contributed by atoms with Gasteiger partial charge in [-0.15, -0.1) is 0 Å². The van der Waals surface area contributed by atoms with Gasteiger partial charge in [-0.05, 0) is 79.1 Å². The molecule has 3 rings (SSSR count). The summed E-state index contributed by atoms with van der Waals surface area (Å²) in [7, 11) is -3.13. The molecule has 0 spiro atoms. The Hall–Kier alpha value is -1.27. The van der Waals surface area contributed by atoms with Crippen molar-refractivity contribution in [2.45, 2.75) is 63.8 Å². The number of nitrogens with two attached hydrogens (primary N) is 1. The number of fused-ring (bicyclic) bond motifs is 1. The summed E-state index contributed by atoms with van der Waals surface area (Å²) in [6, 6.07) is 9.74. The maximum absolute atomic E-state index is 10.9. The van der Waals surface area contributed by atoms with E-state index in [1.165, 1.54) is 48.2 Å². The molecule has 7 heteroatoms. The van der Waals surface area contributed by atoms with Crippen LogP contribution in [0.5, 0.6) is 5.75 Å². The molecule has 0 fully saturated rings. The summed E-state index contributed by atoms with van der Waals surface area (Å²) >= 11 is 11.9. The molecule has 168 valence electrons. The fourth-order valence-electron chi connectivity index (χ4n) is 3.13. The Morgan fingerprint density at radius 1 is 1.13 bits per heavy atom. The second kappa shape index (κ2) is 12.6. The van der Waals surface area contributed by atoms with E-state index in [4.69, 9.17) is 34.0 Å². The predicted molar refractivity (Wildman–Crippen MR) is 127 cm³/mol. The monoisotopic (exact) mass is 473 g/mol. The van der Waals surface area contributed by atoms with Crippen molar-refractivity contribution in [1.82, 2.24) is 0 Å². The fourth-order valence-corrected chi connectivity index (χ4v) is 4.38. The quantitative estimate of drug-likeness (QED) is 0.566. The van der Waals surface area contributed by atoms with Crippen molar-refractivity contribution in [3.05, 3.63) is 57.6 Å². The third-order valence-electron chi connectivity index (χ3n) is 4.82.